The van der Waals surface area contributed by atoms with Crippen molar-refractivity contribution in [3.8, 4) is 0 Å². The number of aryl methyl sites for hydroxylation is 1. The number of nitrogens with one attached hydrogen (secondary N) is 1. The maximum absolute atomic E-state index is 12.7. The minimum absolute atomic E-state index is 0.0569. The maximum atomic E-state index is 12.7. The number of ketones is 1. The lowest BCUT2D eigenvalue weighted by Crippen LogP contribution is -2.35. The van der Waals surface area contributed by atoms with Gasteiger partial charge in [-0.05, 0) is 31.9 Å². The van der Waals surface area contributed by atoms with E-state index in [0.29, 0.717) is 29.9 Å². The Morgan fingerprint density at radius 3 is 2.69 bits per heavy atom. The fraction of sp³-hybridized carbons (Fsp3) is 0.286. The minimum Gasteiger partial charge on any atom is -0.365 e. The molecule has 1 aliphatic rings. The highest BCUT2D eigenvalue weighted by Crippen LogP contribution is 2.35. The van der Waals surface area contributed by atoms with E-state index in [9.17, 15) is 14.9 Å². The number of nitro benzene ring substituents is 1. The fourth-order valence-electron chi connectivity index (χ4n) is 3.78. The first kappa shape index (κ1) is 18.8. The molecular formula is C21H21N5O3. The number of nitrogens with zero attached hydrogens (tertiary/aromatic N) is 4. The van der Waals surface area contributed by atoms with Crippen LogP contribution in [0, 0.1) is 17.0 Å². The van der Waals surface area contributed by atoms with Crippen molar-refractivity contribution < 1.29 is 9.72 Å². The summed E-state index contributed by atoms with van der Waals surface area (Å²) in [6, 6.07) is 13.5. The molecule has 0 aliphatic carbocycles. The summed E-state index contributed by atoms with van der Waals surface area (Å²) in [5.41, 5.74) is 1.28. The van der Waals surface area contributed by atoms with E-state index in [1.165, 1.54) is 6.07 Å². The minimum atomic E-state index is -0.419. The number of carbonyl (C=O) groups excluding carboxylic acids is 1. The molecule has 2 heterocycles. The van der Waals surface area contributed by atoms with Gasteiger partial charge in [-0.15, -0.1) is 0 Å². The van der Waals surface area contributed by atoms with Crippen molar-refractivity contribution in [1.82, 2.24) is 15.2 Å². The van der Waals surface area contributed by atoms with Crippen molar-refractivity contribution in [2.24, 2.45) is 0 Å². The summed E-state index contributed by atoms with van der Waals surface area (Å²) in [5.74, 6) is 1.38. The standard InChI is InChI=1S/C21H21N5O3/c1-14-22-21(24-23-14)17-8-5-11-25(13-17)18-10-9-16(12-19(18)26(28)29)20(27)15-6-3-2-4-7-15/h2-4,6-7,9-10,12,17H,5,8,11,13H2,1H3,(H,22,23,24). The molecule has 1 aliphatic heterocycles. The van der Waals surface area contributed by atoms with Gasteiger partial charge in [0.25, 0.3) is 5.69 Å². The summed E-state index contributed by atoms with van der Waals surface area (Å²) in [6.45, 7) is 3.17. The van der Waals surface area contributed by atoms with Crippen LogP contribution < -0.4 is 4.90 Å². The van der Waals surface area contributed by atoms with Crippen LogP contribution in [-0.4, -0.2) is 39.0 Å². The first-order valence-corrected chi connectivity index (χ1v) is 9.55. The number of anilines is 1. The predicted molar refractivity (Wildman–Crippen MR) is 108 cm³/mol. The van der Waals surface area contributed by atoms with Gasteiger partial charge in [0.15, 0.2) is 11.6 Å². The van der Waals surface area contributed by atoms with Crippen LogP contribution in [0.3, 0.4) is 0 Å². The molecule has 1 aromatic heterocycles. The summed E-state index contributed by atoms with van der Waals surface area (Å²) < 4.78 is 0. The SMILES string of the molecule is Cc1nc(C2CCCN(c3ccc(C(=O)c4ccccc4)cc3[N+](=O)[O-])C2)n[nH]1. The van der Waals surface area contributed by atoms with Gasteiger partial charge in [0.05, 0.1) is 4.92 Å². The van der Waals surface area contributed by atoms with E-state index in [2.05, 4.69) is 15.2 Å². The number of benzene rings is 2. The number of aromatic nitrogens is 3. The quantitative estimate of drug-likeness (QED) is 0.404. The fourth-order valence-corrected chi connectivity index (χ4v) is 3.78. The van der Waals surface area contributed by atoms with Crippen LogP contribution >= 0.6 is 0 Å². The van der Waals surface area contributed by atoms with Gasteiger partial charge in [-0.1, -0.05) is 30.3 Å². The molecule has 148 valence electrons. The Morgan fingerprint density at radius 2 is 2.00 bits per heavy atom. The summed E-state index contributed by atoms with van der Waals surface area (Å²) in [6.07, 6.45) is 1.83. The smallest absolute Gasteiger partial charge is 0.293 e. The van der Waals surface area contributed by atoms with Crippen LogP contribution in [0.2, 0.25) is 0 Å². The Hall–Kier alpha value is -3.55. The van der Waals surface area contributed by atoms with Gasteiger partial charge >= 0.3 is 0 Å². The Morgan fingerprint density at radius 1 is 1.21 bits per heavy atom. The van der Waals surface area contributed by atoms with Gasteiger partial charge < -0.3 is 4.90 Å². The molecule has 0 radical (unpaired) electrons. The molecule has 3 aromatic rings. The molecule has 0 amide bonds. The van der Waals surface area contributed by atoms with Crippen molar-refractivity contribution in [2.45, 2.75) is 25.7 Å². The molecule has 0 bridgehead atoms. The van der Waals surface area contributed by atoms with Crippen LogP contribution in [0.25, 0.3) is 0 Å². The third-order valence-corrected chi connectivity index (χ3v) is 5.21. The monoisotopic (exact) mass is 391 g/mol. The largest absolute Gasteiger partial charge is 0.365 e. The Kier molecular flexibility index (Phi) is 5.07. The summed E-state index contributed by atoms with van der Waals surface area (Å²) in [4.78, 5) is 30.5. The zero-order valence-corrected chi connectivity index (χ0v) is 16.0. The third-order valence-electron chi connectivity index (χ3n) is 5.21. The number of carbonyl (C=O) groups is 1. The molecule has 29 heavy (non-hydrogen) atoms. The van der Waals surface area contributed by atoms with Gasteiger partial charge in [0, 0.05) is 36.2 Å². The topological polar surface area (TPSA) is 105 Å². The summed E-state index contributed by atoms with van der Waals surface area (Å²) >= 11 is 0. The number of hydrogen-bond donors (Lipinski definition) is 1. The van der Waals surface area contributed by atoms with Crippen LogP contribution in [0.4, 0.5) is 11.4 Å². The van der Waals surface area contributed by atoms with Crippen LogP contribution in [-0.2, 0) is 0 Å². The molecule has 8 heteroatoms. The highest BCUT2D eigenvalue weighted by molar-refractivity contribution is 6.09. The van der Waals surface area contributed by atoms with E-state index in [1.807, 2.05) is 17.9 Å². The van der Waals surface area contributed by atoms with Gasteiger partial charge in [-0.2, -0.15) is 5.10 Å². The van der Waals surface area contributed by atoms with Gasteiger partial charge in [0.1, 0.15) is 11.5 Å². The molecule has 8 nitrogen and oxygen atoms in total. The number of aromatic amines is 1. The van der Waals surface area contributed by atoms with E-state index in [1.54, 1.807) is 36.4 Å². The second kappa shape index (κ2) is 7.83. The lowest BCUT2D eigenvalue weighted by Gasteiger charge is -2.32. The summed E-state index contributed by atoms with van der Waals surface area (Å²) in [7, 11) is 0. The molecule has 1 N–H and O–H groups in total. The molecule has 1 fully saturated rings. The zero-order chi connectivity index (χ0) is 20.4. The highest BCUT2D eigenvalue weighted by atomic mass is 16.6. The predicted octanol–water partition coefficient (Wildman–Crippen LogP) is 3.64. The van der Waals surface area contributed by atoms with E-state index in [4.69, 9.17) is 0 Å². The molecule has 0 saturated carbocycles. The second-order valence-corrected chi connectivity index (χ2v) is 7.22. The van der Waals surface area contributed by atoms with Crippen molar-refractivity contribution in [3.63, 3.8) is 0 Å². The Balaban J connectivity index is 1.63. The normalized spacial score (nSPS) is 16.6. The first-order valence-electron chi connectivity index (χ1n) is 9.55. The molecular weight excluding hydrogens is 370 g/mol. The first-order chi connectivity index (χ1) is 14.0. The van der Waals surface area contributed by atoms with Gasteiger partial charge in [0.2, 0.25) is 0 Å². The van der Waals surface area contributed by atoms with E-state index in [0.717, 1.165) is 24.5 Å². The molecule has 4 rings (SSSR count). The Bertz CT molecular complexity index is 1050. The number of H-pyrrole nitrogens is 1. The molecule has 1 saturated heterocycles. The number of piperidine rings is 1. The van der Waals surface area contributed by atoms with Crippen LogP contribution in [0.15, 0.2) is 48.5 Å². The lowest BCUT2D eigenvalue weighted by molar-refractivity contribution is -0.384. The highest BCUT2D eigenvalue weighted by Gasteiger charge is 2.29. The van der Waals surface area contributed by atoms with Crippen molar-refractivity contribution >= 4 is 17.2 Å². The van der Waals surface area contributed by atoms with Crippen molar-refractivity contribution in [2.75, 3.05) is 18.0 Å². The average Bonchev–Trinajstić information content (AvgIpc) is 3.20. The van der Waals surface area contributed by atoms with E-state index >= 15 is 0 Å². The average molecular weight is 391 g/mol. The molecule has 2 aromatic carbocycles. The van der Waals surface area contributed by atoms with Crippen molar-refractivity contribution in [3.05, 3.63) is 81.4 Å². The second-order valence-electron chi connectivity index (χ2n) is 7.22. The van der Waals surface area contributed by atoms with Crippen LogP contribution in [0.1, 0.15) is 46.3 Å². The maximum Gasteiger partial charge on any atom is 0.293 e. The molecule has 0 spiro atoms. The van der Waals surface area contributed by atoms with Gasteiger partial charge in [-0.3, -0.25) is 20.0 Å². The zero-order valence-electron chi connectivity index (χ0n) is 16.0. The van der Waals surface area contributed by atoms with Gasteiger partial charge in [-0.25, -0.2) is 4.98 Å². The summed E-state index contributed by atoms with van der Waals surface area (Å²) in [5, 5.41) is 18.9. The molecule has 1 unspecified atom stereocenters. The molecule has 1 atom stereocenters. The lowest BCUT2D eigenvalue weighted by atomic mass is 9.96. The van der Waals surface area contributed by atoms with E-state index in [-0.39, 0.29) is 17.4 Å². The number of rotatable bonds is 5. The van der Waals surface area contributed by atoms with Crippen LogP contribution in [0.5, 0.6) is 0 Å². The number of nitro groups is 1. The van der Waals surface area contributed by atoms with E-state index < -0.39 is 4.92 Å². The Labute approximate surface area is 167 Å². The number of hydrogen-bond acceptors (Lipinski definition) is 6. The third kappa shape index (κ3) is 3.87. The van der Waals surface area contributed by atoms with Crippen molar-refractivity contribution in [1.29, 1.82) is 0 Å².